The van der Waals surface area contributed by atoms with Crippen LogP contribution in [0, 0.1) is 0 Å². The minimum Gasteiger partial charge on any atom is -0.492 e. The molecular weight excluding hydrogens is 302 g/mol. The van der Waals surface area contributed by atoms with Crippen LogP contribution in [0.3, 0.4) is 0 Å². The number of hydrogen-bond acceptors (Lipinski definition) is 4. The first-order valence-electron chi connectivity index (χ1n) is 9.10. The fraction of sp³-hybridized carbons (Fsp3) is 0.632. The number of likely N-dealkylation sites (tertiary alicyclic amines) is 1. The van der Waals surface area contributed by atoms with Crippen LogP contribution in [0.15, 0.2) is 24.3 Å². The highest BCUT2D eigenvalue weighted by Crippen LogP contribution is 2.21. The van der Waals surface area contributed by atoms with Gasteiger partial charge in [-0.3, -0.25) is 4.79 Å². The van der Waals surface area contributed by atoms with Crippen molar-refractivity contribution < 1.29 is 9.53 Å². The van der Waals surface area contributed by atoms with Gasteiger partial charge in [0.05, 0.1) is 0 Å². The summed E-state index contributed by atoms with van der Waals surface area (Å²) in [6, 6.07) is 7.87. The average Bonchev–Trinajstić information content (AvgIpc) is 3.07. The maximum Gasteiger partial charge on any atom is 0.254 e. The molecule has 5 heteroatoms. The molecule has 24 heavy (non-hydrogen) atoms. The highest BCUT2D eigenvalue weighted by molar-refractivity contribution is 5.94. The van der Waals surface area contributed by atoms with E-state index in [2.05, 4.69) is 24.1 Å². The Hall–Kier alpha value is -1.59. The second kappa shape index (κ2) is 9.64. The van der Waals surface area contributed by atoms with E-state index in [4.69, 9.17) is 4.74 Å². The number of benzene rings is 1. The standard InChI is InChI=1S/C19H31N3O2/c1-4-21(5-2)13-14-24-18-10-8-16(9-11-18)19(23)22-12-6-7-17(22)15-20-3/h8-11,17,20H,4-7,12-15H2,1-3H3. The lowest BCUT2D eigenvalue weighted by Gasteiger charge is -2.24. The number of nitrogens with one attached hydrogen (secondary N) is 1. The molecule has 1 amide bonds. The van der Waals surface area contributed by atoms with E-state index in [1.165, 1.54) is 0 Å². The zero-order valence-corrected chi connectivity index (χ0v) is 15.3. The van der Waals surface area contributed by atoms with Crippen molar-refractivity contribution in [1.82, 2.24) is 15.1 Å². The lowest BCUT2D eigenvalue weighted by Crippen LogP contribution is -2.40. The van der Waals surface area contributed by atoms with Crippen LogP contribution in [0.2, 0.25) is 0 Å². The maximum absolute atomic E-state index is 12.7. The molecule has 0 spiro atoms. The first kappa shape index (κ1) is 18.7. The van der Waals surface area contributed by atoms with Crippen molar-refractivity contribution >= 4 is 5.91 Å². The van der Waals surface area contributed by atoms with E-state index >= 15 is 0 Å². The van der Waals surface area contributed by atoms with Crippen LogP contribution in [0.4, 0.5) is 0 Å². The molecule has 1 fully saturated rings. The number of carbonyl (C=O) groups excluding carboxylic acids is 1. The molecule has 1 aromatic rings. The second-order valence-corrected chi connectivity index (χ2v) is 6.25. The lowest BCUT2D eigenvalue weighted by atomic mass is 10.1. The lowest BCUT2D eigenvalue weighted by molar-refractivity contribution is 0.0737. The summed E-state index contributed by atoms with van der Waals surface area (Å²) in [5.41, 5.74) is 0.745. The Morgan fingerprint density at radius 1 is 1.29 bits per heavy atom. The third kappa shape index (κ3) is 4.95. The van der Waals surface area contributed by atoms with Crippen molar-refractivity contribution in [2.45, 2.75) is 32.7 Å². The molecule has 0 bridgehead atoms. The predicted octanol–water partition coefficient (Wildman–Crippen LogP) is 2.23. The van der Waals surface area contributed by atoms with Crippen molar-refractivity contribution in [2.75, 3.05) is 46.4 Å². The van der Waals surface area contributed by atoms with Crippen molar-refractivity contribution in [3.05, 3.63) is 29.8 Å². The molecule has 1 atom stereocenters. The number of carbonyl (C=O) groups is 1. The van der Waals surface area contributed by atoms with E-state index in [9.17, 15) is 4.79 Å². The first-order chi connectivity index (χ1) is 11.7. The number of likely N-dealkylation sites (N-methyl/N-ethyl adjacent to an activating group) is 2. The van der Waals surface area contributed by atoms with Gasteiger partial charge in [-0.2, -0.15) is 0 Å². The van der Waals surface area contributed by atoms with Crippen LogP contribution in [-0.4, -0.2) is 68.1 Å². The molecule has 1 saturated heterocycles. The van der Waals surface area contributed by atoms with E-state index in [-0.39, 0.29) is 5.91 Å². The predicted molar refractivity (Wildman–Crippen MR) is 97.7 cm³/mol. The van der Waals surface area contributed by atoms with Crippen LogP contribution in [-0.2, 0) is 0 Å². The van der Waals surface area contributed by atoms with Gasteiger partial charge in [-0.15, -0.1) is 0 Å². The second-order valence-electron chi connectivity index (χ2n) is 6.25. The van der Waals surface area contributed by atoms with Crippen LogP contribution < -0.4 is 10.1 Å². The zero-order valence-electron chi connectivity index (χ0n) is 15.3. The number of hydrogen-bond donors (Lipinski definition) is 1. The van der Waals surface area contributed by atoms with E-state index in [1.807, 2.05) is 36.2 Å². The summed E-state index contributed by atoms with van der Waals surface area (Å²) >= 11 is 0. The van der Waals surface area contributed by atoms with Gasteiger partial charge in [0.2, 0.25) is 0 Å². The Morgan fingerprint density at radius 3 is 2.62 bits per heavy atom. The summed E-state index contributed by atoms with van der Waals surface area (Å²) in [7, 11) is 1.94. The van der Waals surface area contributed by atoms with Crippen molar-refractivity contribution in [3.8, 4) is 5.75 Å². The maximum atomic E-state index is 12.7. The van der Waals surface area contributed by atoms with Gasteiger partial charge in [0.15, 0.2) is 0 Å². The smallest absolute Gasteiger partial charge is 0.254 e. The topological polar surface area (TPSA) is 44.8 Å². The highest BCUT2D eigenvalue weighted by atomic mass is 16.5. The van der Waals surface area contributed by atoms with Crippen molar-refractivity contribution in [3.63, 3.8) is 0 Å². The summed E-state index contributed by atoms with van der Waals surface area (Å²) in [5, 5.41) is 3.18. The van der Waals surface area contributed by atoms with E-state index in [0.717, 1.165) is 56.9 Å². The van der Waals surface area contributed by atoms with E-state index in [1.54, 1.807) is 0 Å². The quantitative estimate of drug-likeness (QED) is 0.753. The molecule has 0 saturated carbocycles. The third-order valence-corrected chi connectivity index (χ3v) is 4.75. The van der Waals surface area contributed by atoms with E-state index < -0.39 is 0 Å². The molecule has 5 nitrogen and oxygen atoms in total. The van der Waals surface area contributed by atoms with Gasteiger partial charge in [-0.1, -0.05) is 13.8 Å². The van der Waals surface area contributed by atoms with Gasteiger partial charge in [0.1, 0.15) is 12.4 Å². The largest absolute Gasteiger partial charge is 0.492 e. The molecule has 1 N–H and O–H groups in total. The van der Waals surface area contributed by atoms with Gasteiger partial charge >= 0.3 is 0 Å². The van der Waals surface area contributed by atoms with Crippen LogP contribution >= 0.6 is 0 Å². The molecule has 0 radical (unpaired) electrons. The zero-order chi connectivity index (χ0) is 17.4. The van der Waals surface area contributed by atoms with E-state index in [0.29, 0.717) is 12.6 Å². The Kier molecular flexibility index (Phi) is 7.53. The highest BCUT2D eigenvalue weighted by Gasteiger charge is 2.28. The Balaban J connectivity index is 1.88. The fourth-order valence-corrected chi connectivity index (χ4v) is 3.24. The summed E-state index contributed by atoms with van der Waals surface area (Å²) in [5.74, 6) is 0.953. The fourth-order valence-electron chi connectivity index (χ4n) is 3.24. The summed E-state index contributed by atoms with van der Waals surface area (Å²) in [6.07, 6.45) is 2.17. The van der Waals surface area contributed by atoms with Gasteiger partial charge < -0.3 is 19.9 Å². The van der Waals surface area contributed by atoms with Crippen molar-refractivity contribution in [1.29, 1.82) is 0 Å². The molecule has 2 rings (SSSR count). The van der Waals surface area contributed by atoms with Crippen LogP contribution in [0.25, 0.3) is 0 Å². The van der Waals surface area contributed by atoms with Gasteiger partial charge in [0.25, 0.3) is 5.91 Å². The number of amides is 1. The number of ether oxygens (including phenoxy) is 1. The molecule has 1 aliphatic heterocycles. The van der Waals surface area contributed by atoms with Gasteiger partial charge in [-0.25, -0.2) is 0 Å². The molecule has 134 valence electrons. The Labute approximate surface area is 146 Å². The molecule has 1 heterocycles. The minimum absolute atomic E-state index is 0.127. The minimum atomic E-state index is 0.127. The van der Waals surface area contributed by atoms with Crippen molar-refractivity contribution in [2.24, 2.45) is 0 Å². The SMILES string of the molecule is CCN(CC)CCOc1ccc(C(=O)N2CCCC2CNC)cc1. The molecule has 1 aromatic carbocycles. The number of nitrogens with zero attached hydrogens (tertiary/aromatic N) is 2. The Bertz CT molecular complexity index is 500. The third-order valence-electron chi connectivity index (χ3n) is 4.75. The Morgan fingerprint density at radius 2 is 2.00 bits per heavy atom. The normalized spacial score (nSPS) is 17.5. The molecule has 0 aromatic heterocycles. The molecule has 0 aliphatic carbocycles. The van der Waals surface area contributed by atoms with Gasteiger partial charge in [0, 0.05) is 31.2 Å². The summed E-state index contributed by atoms with van der Waals surface area (Å²) < 4.78 is 5.78. The monoisotopic (exact) mass is 333 g/mol. The van der Waals surface area contributed by atoms with Crippen LogP contribution in [0.1, 0.15) is 37.0 Å². The molecule has 1 unspecified atom stereocenters. The first-order valence-corrected chi connectivity index (χ1v) is 9.10. The summed E-state index contributed by atoms with van der Waals surface area (Å²) in [6.45, 7) is 9.70. The number of rotatable bonds is 9. The molecule has 1 aliphatic rings. The van der Waals surface area contributed by atoms with Gasteiger partial charge in [-0.05, 0) is 57.2 Å². The molecular formula is C19H31N3O2. The average molecular weight is 333 g/mol. The summed E-state index contributed by atoms with van der Waals surface area (Å²) in [4.78, 5) is 17.0. The van der Waals surface area contributed by atoms with Crippen LogP contribution in [0.5, 0.6) is 5.75 Å².